The Morgan fingerprint density at radius 3 is 2.47 bits per heavy atom. The van der Waals surface area contributed by atoms with Gasteiger partial charge in [0.15, 0.2) is 0 Å². The van der Waals surface area contributed by atoms with Crippen molar-refractivity contribution in [2.75, 3.05) is 0 Å². The Balaban J connectivity index is 2.91. The Kier molecular flexibility index (Phi) is 4.18. The van der Waals surface area contributed by atoms with Gasteiger partial charge in [0.1, 0.15) is 0 Å². The monoisotopic (exact) mass is 335 g/mol. The Morgan fingerprint density at radius 2 is 1.93 bits per heavy atom. The van der Waals surface area contributed by atoms with Crippen molar-refractivity contribution in [2.45, 2.75) is 33.7 Å². The van der Waals surface area contributed by atoms with E-state index in [4.69, 9.17) is 0 Å². The molecule has 0 unspecified atom stereocenters. The normalized spacial score (nSPS) is 11.8. The van der Waals surface area contributed by atoms with Crippen molar-refractivity contribution in [1.29, 1.82) is 0 Å². The number of halogens is 2. The molecule has 0 aliphatic rings. The number of aromatic nitrogens is 1. The molecule has 0 spiro atoms. The molecular formula is C11H15Br2NO. The maximum absolute atomic E-state index is 11.7. The molecule has 1 aromatic heterocycles. The highest BCUT2D eigenvalue weighted by atomic mass is 79.9. The second-order valence-corrected chi connectivity index (χ2v) is 6.59. The third-order valence-corrected chi connectivity index (χ3v) is 3.11. The first-order valence-electron chi connectivity index (χ1n) is 4.85. The Labute approximate surface area is 107 Å². The third kappa shape index (κ3) is 4.11. The molecule has 0 aliphatic heterocycles. The molecule has 0 atom stereocenters. The van der Waals surface area contributed by atoms with Crippen LogP contribution in [0.1, 0.15) is 27.2 Å². The fourth-order valence-corrected chi connectivity index (χ4v) is 2.44. The Morgan fingerprint density at radius 1 is 1.33 bits per heavy atom. The number of hydrogen-bond acceptors (Lipinski definition) is 1. The Bertz CT molecular complexity index is 404. The molecule has 0 aliphatic carbocycles. The molecule has 0 saturated heterocycles. The second-order valence-electron chi connectivity index (χ2n) is 4.82. The molecule has 84 valence electrons. The molecule has 1 heterocycles. The number of hydrogen-bond donors (Lipinski definition) is 0. The number of aryl methyl sites for hydroxylation is 1. The van der Waals surface area contributed by atoms with Crippen LogP contribution in [0.3, 0.4) is 0 Å². The van der Waals surface area contributed by atoms with Crippen molar-refractivity contribution >= 4 is 31.9 Å². The minimum absolute atomic E-state index is 0.0300. The van der Waals surface area contributed by atoms with Gasteiger partial charge >= 0.3 is 0 Å². The van der Waals surface area contributed by atoms with Crippen molar-refractivity contribution in [3.8, 4) is 0 Å². The number of pyridine rings is 1. The van der Waals surface area contributed by atoms with Crippen molar-refractivity contribution in [2.24, 2.45) is 5.41 Å². The number of nitrogens with zero attached hydrogens (tertiary/aromatic N) is 1. The molecule has 0 bridgehead atoms. The van der Waals surface area contributed by atoms with Crippen LogP contribution in [0.5, 0.6) is 0 Å². The molecule has 0 radical (unpaired) electrons. The fourth-order valence-electron chi connectivity index (χ4n) is 1.19. The smallest absolute Gasteiger partial charge is 0.264 e. The van der Waals surface area contributed by atoms with E-state index in [0.29, 0.717) is 4.47 Å². The van der Waals surface area contributed by atoms with Crippen LogP contribution in [-0.2, 0) is 6.54 Å². The van der Waals surface area contributed by atoms with Gasteiger partial charge in [-0.1, -0.05) is 20.8 Å². The zero-order valence-corrected chi connectivity index (χ0v) is 12.4. The quantitative estimate of drug-likeness (QED) is 0.804. The van der Waals surface area contributed by atoms with E-state index >= 15 is 0 Å². The minimum Gasteiger partial charge on any atom is -0.313 e. The average molecular weight is 337 g/mol. The maximum Gasteiger partial charge on any atom is 0.264 e. The summed E-state index contributed by atoms with van der Waals surface area (Å²) in [5, 5.41) is 0. The summed E-state index contributed by atoms with van der Waals surface area (Å²) in [7, 11) is 0. The summed E-state index contributed by atoms with van der Waals surface area (Å²) in [5.41, 5.74) is 0.274. The van der Waals surface area contributed by atoms with Gasteiger partial charge in [-0.2, -0.15) is 0 Å². The average Bonchev–Trinajstić information content (AvgIpc) is 2.07. The van der Waals surface area contributed by atoms with E-state index in [-0.39, 0.29) is 11.0 Å². The van der Waals surface area contributed by atoms with E-state index in [1.807, 2.05) is 6.20 Å². The standard InChI is InChI=1S/C11H15Br2NO/c1-11(2,3)4-5-14-7-8(12)6-9(13)10(14)15/h6-7H,4-5H2,1-3H3. The first kappa shape index (κ1) is 13.0. The van der Waals surface area contributed by atoms with Crippen molar-refractivity contribution < 1.29 is 0 Å². The molecule has 4 heteroatoms. The van der Waals surface area contributed by atoms with E-state index in [0.717, 1.165) is 17.4 Å². The molecule has 2 nitrogen and oxygen atoms in total. The van der Waals surface area contributed by atoms with Crippen LogP contribution in [0.15, 0.2) is 26.0 Å². The van der Waals surface area contributed by atoms with Crippen LogP contribution in [-0.4, -0.2) is 4.57 Å². The molecule has 0 amide bonds. The van der Waals surface area contributed by atoms with Crippen LogP contribution in [0.2, 0.25) is 0 Å². The van der Waals surface area contributed by atoms with E-state index in [1.54, 1.807) is 10.6 Å². The van der Waals surface area contributed by atoms with Gasteiger partial charge < -0.3 is 4.57 Å². The predicted molar refractivity (Wildman–Crippen MR) is 70.2 cm³/mol. The van der Waals surface area contributed by atoms with Crippen molar-refractivity contribution in [3.05, 3.63) is 31.6 Å². The first-order chi connectivity index (χ1) is 6.79. The van der Waals surface area contributed by atoms with Gasteiger partial charge in [0.05, 0.1) is 4.47 Å². The van der Waals surface area contributed by atoms with Crippen LogP contribution in [0.25, 0.3) is 0 Å². The highest BCUT2D eigenvalue weighted by molar-refractivity contribution is 9.11. The molecule has 0 saturated carbocycles. The summed E-state index contributed by atoms with van der Waals surface area (Å²) < 4.78 is 3.26. The van der Waals surface area contributed by atoms with Gasteiger partial charge in [-0.05, 0) is 49.8 Å². The third-order valence-electron chi connectivity index (χ3n) is 2.11. The van der Waals surface area contributed by atoms with Crippen molar-refractivity contribution in [3.63, 3.8) is 0 Å². The fraction of sp³-hybridized carbons (Fsp3) is 0.545. The zero-order valence-electron chi connectivity index (χ0n) is 9.18. The SMILES string of the molecule is CC(C)(C)CCn1cc(Br)cc(Br)c1=O. The van der Waals surface area contributed by atoms with Gasteiger partial charge in [-0.25, -0.2) is 0 Å². The van der Waals surface area contributed by atoms with Gasteiger partial charge in [0.2, 0.25) is 0 Å². The summed E-state index contributed by atoms with van der Waals surface area (Å²) in [5.74, 6) is 0. The highest BCUT2D eigenvalue weighted by Crippen LogP contribution is 2.20. The molecular weight excluding hydrogens is 322 g/mol. The molecule has 0 aromatic carbocycles. The van der Waals surface area contributed by atoms with Crippen LogP contribution >= 0.6 is 31.9 Å². The number of rotatable bonds is 2. The van der Waals surface area contributed by atoms with Crippen molar-refractivity contribution in [1.82, 2.24) is 4.57 Å². The van der Waals surface area contributed by atoms with Gasteiger partial charge in [-0.15, -0.1) is 0 Å². The second kappa shape index (κ2) is 4.83. The van der Waals surface area contributed by atoms with E-state index in [2.05, 4.69) is 52.6 Å². The summed E-state index contributed by atoms with van der Waals surface area (Å²) in [6, 6.07) is 1.77. The lowest BCUT2D eigenvalue weighted by Gasteiger charge is -2.18. The summed E-state index contributed by atoms with van der Waals surface area (Å²) in [6.45, 7) is 7.27. The van der Waals surface area contributed by atoms with Gasteiger partial charge in [0.25, 0.3) is 5.56 Å². The van der Waals surface area contributed by atoms with Crippen LogP contribution in [0.4, 0.5) is 0 Å². The highest BCUT2D eigenvalue weighted by Gasteiger charge is 2.11. The van der Waals surface area contributed by atoms with Gasteiger partial charge in [-0.3, -0.25) is 4.79 Å². The summed E-state index contributed by atoms with van der Waals surface area (Å²) in [6.07, 6.45) is 2.81. The van der Waals surface area contributed by atoms with E-state index < -0.39 is 0 Å². The molecule has 15 heavy (non-hydrogen) atoms. The van der Waals surface area contributed by atoms with Gasteiger partial charge in [0, 0.05) is 17.2 Å². The maximum atomic E-state index is 11.7. The van der Waals surface area contributed by atoms with E-state index in [1.165, 1.54) is 0 Å². The first-order valence-corrected chi connectivity index (χ1v) is 6.44. The predicted octanol–water partition coefficient (Wildman–Crippen LogP) is 3.81. The molecule has 1 rings (SSSR count). The lowest BCUT2D eigenvalue weighted by atomic mass is 9.92. The topological polar surface area (TPSA) is 22.0 Å². The largest absolute Gasteiger partial charge is 0.313 e. The molecule has 0 N–H and O–H groups in total. The summed E-state index contributed by atoms with van der Waals surface area (Å²) >= 11 is 6.63. The lowest BCUT2D eigenvalue weighted by Crippen LogP contribution is -2.22. The molecule has 0 fully saturated rings. The van der Waals surface area contributed by atoms with Crippen LogP contribution in [0, 0.1) is 5.41 Å². The molecule has 1 aromatic rings. The zero-order chi connectivity index (χ0) is 11.6. The van der Waals surface area contributed by atoms with E-state index in [9.17, 15) is 4.79 Å². The van der Waals surface area contributed by atoms with Crippen LogP contribution < -0.4 is 5.56 Å². The summed E-state index contributed by atoms with van der Waals surface area (Å²) in [4.78, 5) is 11.7. The lowest BCUT2D eigenvalue weighted by molar-refractivity contribution is 0.347. The Hall–Kier alpha value is -0.0900. The minimum atomic E-state index is 0.0300.